The first-order valence-corrected chi connectivity index (χ1v) is 6.42. The SMILES string of the molecule is CC(C)=C[C@@H]1C(C)(C=O)[C@@]1(C(=O)O)C1C=CCC1. The van der Waals surface area contributed by atoms with E-state index in [4.69, 9.17) is 0 Å². The number of rotatable bonds is 4. The van der Waals surface area contributed by atoms with Gasteiger partial charge in [-0.1, -0.05) is 30.7 Å². The predicted octanol–water partition coefficient (Wildman–Crippen LogP) is 2.82. The third-order valence-electron chi connectivity index (χ3n) is 4.64. The molecule has 2 aliphatic carbocycles. The molecule has 0 bridgehead atoms. The van der Waals surface area contributed by atoms with Crippen LogP contribution in [0.2, 0.25) is 0 Å². The van der Waals surface area contributed by atoms with Crippen LogP contribution in [0.4, 0.5) is 0 Å². The van der Waals surface area contributed by atoms with Gasteiger partial charge in [0.15, 0.2) is 0 Å². The molecule has 0 amide bonds. The molecule has 0 saturated heterocycles. The van der Waals surface area contributed by atoms with Crippen molar-refractivity contribution < 1.29 is 14.7 Å². The summed E-state index contributed by atoms with van der Waals surface area (Å²) in [6.45, 7) is 5.67. The third kappa shape index (κ3) is 1.43. The molecule has 0 aromatic heterocycles. The Hall–Kier alpha value is -1.38. The highest BCUT2D eigenvalue weighted by molar-refractivity contribution is 5.90. The molecule has 4 atom stereocenters. The molecule has 2 aliphatic rings. The van der Waals surface area contributed by atoms with Crippen molar-refractivity contribution in [3.63, 3.8) is 0 Å². The largest absolute Gasteiger partial charge is 0.481 e. The Balaban J connectivity index is 2.47. The number of hydrogen-bond donors (Lipinski definition) is 1. The van der Waals surface area contributed by atoms with E-state index in [1.54, 1.807) is 6.92 Å². The summed E-state index contributed by atoms with van der Waals surface area (Å²) >= 11 is 0. The van der Waals surface area contributed by atoms with Crippen LogP contribution >= 0.6 is 0 Å². The Morgan fingerprint density at radius 1 is 1.44 bits per heavy atom. The second kappa shape index (κ2) is 4.08. The van der Waals surface area contributed by atoms with Crippen molar-refractivity contribution >= 4 is 12.3 Å². The molecule has 0 spiro atoms. The molecular formula is C15H20O3. The fraction of sp³-hybridized carbons (Fsp3) is 0.600. The molecule has 3 nitrogen and oxygen atoms in total. The van der Waals surface area contributed by atoms with Gasteiger partial charge in [0, 0.05) is 11.3 Å². The Morgan fingerprint density at radius 2 is 2.11 bits per heavy atom. The lowest BCUT2D eigenvalue weighted by Crippen LogP contribution is -2.30. The lowest BCUT2D eigenvalue weighted by atomic mass is 9.81. The quantitative estimate of drug-likeness (QED) is 0.615. The minimum absolute atomic E-state index is 0.0224. The fourth-order valence-electron chi connectivity index (χ4n) is 3.68. The number of aliphatic carboxylic acids is 1. The molecule has 3 heteroatoms. The Kier molecular flexibility index (Phi) is 2.96. The zero-order valence-corrected chi connectivity index (χ0v) is 11.1. The van der Waals surface area contributed by atoms with Gasteiger partial charge in [0.2, 0.25) is 0 Å². The summed E-state index contributed by atoms with van der Waals surface area (Å²) in [5, 5.41) is 9.69. The summed E-state index contributed by atoms with van der Waals surface area (Å²) in [4.78, 5) is 23.3. The maximum absolute atomic E-state index is 11.8. The monoisotopic (exact) mass is 248 g/mol. The van der Waals surface area contributed by atoms with E-state index in [-0.39, 0.29) is 11.8 Å². The lowest BCUT2D eigenvalue weighted by molar-refractivity contribution is -0.148. The minimum Gasteiger partial charge on any atom is -0.481 e. The van der Waals surface area contributed by atoms with Crippen molar-refractivity contribution in [2.75, 3.05) is 0 Å². The van der Waals surface area contributed by atoms with Crippen LogP contribution in [0.3, 0.4) is 0 Å². The van der Waals surface area contributed by atoms with Crippen LogP contribution in [0.15, 0.2) is 23.8 Å². The van der Waals surface area contributed by atoms with E-state index < -0.39 is 16.8 Å². The number of carboxylic acids is 1. The van der Waals surface area contributed by atoms with Crippen LogP contribution < -0.4 is 0 Å². The summed E-state index contributed by atoms with van der Waals surface area (Å²) in [5.41, 5.74) is -0.632. The number of hydrogen-bond acceptors (Lipinski definition) is 2. The van der Waals surface area contributed by atoms with Crippen molar-refractivity contribution in [2.24, 2.45) is 22.7 Å². The topological polar surface area (TPSA) is 54.4 Å². The van der Waals surface area contributed by atoms with Crippen LogP contribution in [0.1, 0.15) is 33.6 Å². The summed E-state index contributed by atoms with van der Waals surface area (Å²) in [6.07, 6.45) is 8.55. The maximum atomic E-state index is 11.8. The molecule has 2 unspecified atom stereocenters. The van der Waals surface area contributed by atoms with Crippen LogP contribution in [-0.4, -0.2) is 17.4 Å². The summed E-state index contributed by atoms with van der Waals surface area (Å²) < 4.78 is 0. The predicted molar refractivity (Wildman–Crippen MR) is 69.0 cm³/mol. The number of carbonyl (C=O) groups is 2. The fourth-order valence-corrected chi connectivity index (χ4v) is 3.68. The first kappa shape index (κ1) is 13.1. The molecule has 0 aromatic rings. The van der Waals surface area contributed by atoms with Gasteiger partial charge in [-0.2, -0.15) is 0 Å². The second-order valence-electron chi connectivity index (χ2n) is 5.91. The zero-order chi connectivity index (χ0) is 13.6. The van der Waals surface area contributed by atoms with Gasteiger partial charge >= 0.3 is 5.97 Å². The molecule has 0 radical (unpaired) electrons. The van der Waals surface area contributed by atoms with E-state index in [1.807, 2.05) is 32.1 Å². The molecule has 1 fully saturated rings. The third-order valence-corrected chi connectivity index (χ3v) is 4.64. The summed E-state index contributed by atoms with van der Waals surface area (Å²) in [6, 6.07) is 0. The number of carbonyl (C=O) groups excluding carboxylic acids is 1. The molecule has 18 heavy (non-hydrogen) atoms. The van der Waals surface area contributed by atoms with E-state index in [2.05, 4.69) is 0 Å². The van der Waals surface area contributed by atoms with E-state index in [1.165, 1.54) is 0 Å². The first-order valence-electron chi connectivity index (χ1n) is 6.42. The van der Waals surface area contributed by atoms with Gasteiger partial charge in [-0.3, -0.25) is 4.79 Å². The first-order chi connectivity index (χ1) is 8.41. The standard InChI is InChI=1S/C15H20O3/c1-10(2)8-12-14(3,9-16)15(12,13(17)18)11-6-4-5-7-11/h4,6,8-9,11-12H,5,7H2,1-3H3,(H,17,18)/t11?,12-,14?,15+/m1/s1. The highest BCUT2D eigenvalue weighted by Crippen LogP contribution is 2.73. The summed E-state index contributed by atoms with van der Waals surface area (Å²) in [7, 11) is 0. The van der Waals surface area contributed by atoms with E-state index in [0.717, 1.165) is 24.7 Å². The van der Waals surface area contributed by atoms with Gasteiger partial charge in [0.1, 0.15) is 6.29 Å². The van der Waals surface area contributed by atoms with Gasteiger partial charge in [-0.15, -0.1) is 0 Å². The normalized spacial score (nSPS) is 41.5. The molecule has 1 saturated carbocycles. The molecule has 2 rings (SSSR count). The highest BCUT2D eigenvalue weighted by atomic mass is 16.4. The van der Waals surface area contributed by atoms with Gasteiger partial charge in [0.05, 0.1) is 5.41 Å². The van der Waals surface area contributed by atoms with Crippen molar-refractivity contribution in [1.29, 1.82) is 0 Å². The van der Waals surface area contributed by atoms with Gasteiger partial charge in [-0.05, 0) is 32.6 Å². The van der Waals surface area contributed by atoms with Crippen LogP contribution in [0.25, 0.3) is 0 Å². The minimum atomic E-state index is -0.932. The van der Waals surface area contributed by atoms with Crippen molar-refractivity contribution in [3.8, 4) is 0 Å². The van der Waals surface area contributed by atoms with Crippen LogP contribution in [0, 0.1) is 22.7 Å². The van der Waals surface area contributed by atoms with Gasteiger partial charge < -0.3 is 9.90 Å². The molecule has 0 heterocycles. The van der Waals surface area contributed by atoms with Gasteiger partial charge in [0.25, 0.3) is 0 Å². The molecule has 1 N–H and O–H groups in total. The Labute approximate surface area is 108 Å². The number of aldehydes is 1. The van der Waals surface area contributed by atoms with Gasteiger partial charge in [-0.25, -0.2) is 0 Å². The van der Waals surface area contributed by atoms with Crippen molar-refractivity contribution in [1.82, 2.24) is 0 Å². The molecule has 0 aromatic carbocycles. The molecular weight excluding hydrogens is 228 g/mol. The zero-order valence-electron chi connectivity index (χ0n) is 11.1. The highest BCUT2D eigenvalue weighted by Gasteiger charge is 2.80. The maximum Gasteiger partial charge on any atom is 0.311 e. The van der Waals surface area contributed by atoms with Crippen LogP contribution in [0.5, 0.6) is 0 Å². The number of carboxylic acid groups (broad SMARTS) is 1. The van der Waals surface area contributed by atoms with E-state index >= 15 is 0 Å². The Bertz CT molecular complexity index is 445. The Morgan fingerprint density at radius 3 is 2.50 bits per heavy atom. The van der Waals surface area contributed by atoms with E-state index in [9.17, 15) is 14.7 Å². The second-order valence-corrected chi connectivity index (χ2v) is 5.91. The molecule has 0 aliphatic heterocycles. The molecule has 98 valence electrons. The van der Waals surface area contributed by atoms with Crippen molar-refractivity contribution in [2.45, 2.75) is 33.6 Å². The summed E-state index contributed by atoms with van der Waals surface area (Å²) in [5.74, 6) is -1.04. The smallest absolute Gasteiger partial charge is 0.311 e. The average molecular weight is 248 g/mol. The van der Waals surface area contributed by atoms with E-state index in [0.29, 0.717) is 0 Å². The van der Waals surface area contributed by atoms with Crippen molar-refractivity contribution in [3.05, 3.63) is 23.8 Å². The van der Waals surface area contributed by atoms with Crippen LogP contribution in [-0.2, 0) is 9.59 Å². The lowest BCUT2D eigenvalue weighted by Gasteiger charge is -2.21. The average Bonchev–Trinajstić information content (AvgIpc) is 2.71. The number of allylic oxidation sites excluding steroid dienone is 4.